The van der Waals surface area contributed by atoms with Crippen LogP contribution in [0.4, 0.5) is 0 Å². The smallest absolute Gasteiger partial charge is 0.254 e. The van der Waals surface area contributed by atoms with Crippen LogP contribution in [0.15, 0.2) is 25.0 Å². The van der Waals surface area contributed by atoms with Crippen LogP contribution < -0.4 is 5.32 Å². The predicted molar refractivity (Wildman–Crippen MR) is 60.2 cm³/mol. The first-order chi connectivity index (χ1) is 8.15. The molecule has 2 aromatic heterocycles. The Bertz CT molecular complexity index is 489. The van der Waals surface area contributed by atoms with E-state index in [0.29, 0.717) is 12.1 Å². The summed E-state index contributed by atoms with van der Waals surface area (Å²) in [6.07, 6.45) is 6.30. The van der Waals surface area contributed by atoms with Crippen molar-refractivity contribution in [2.75, 3.05) is 0 Å². The molecule has 0 bridgehead atoms. The topological polar surface area (TPSA) is 77.6 Å². The van der Waals surface area contributed by atoms with Crippen LogP contribution >= 0.6 is 0 Å². The van der Waals surface area contributed by atoms with Crippen molar-refractivity contribution >= 4 is 5.91 Å². The molecule has 1 unspecified atom stereocenters. The zero-order chi connectivity index (χ0) is 12.3. The molecule has 0 aliphatic heterocycles. The fourth-order valence-corrected chi connectivity index (χ4v) is 1.50. The Labute approximate surface area is 98.5 Å². The summed E-state index contributed by atoms with van der Waals surface area (Å²) in [5, 5.41) is 10.8. The van der Waals surface area contributed by atoms with Crippen molar-refractivity contribution in [3.63, 3.8) is 0 Å². The molecule has 0 radical (unpaired) electrons. The summed E-state index contributed by atoms with van der Waals surface area (Å²) >= 11 is 0. The molecule has 0 aliphatic rings. The van der Waals surface area contributed by atoms with Crippen LogP contribution in [0.5, 0.6) is 0 Å². The van der Waals surface area contributed by atoms with Gasteiger partial charge in [-0.25, -0.2) is 4.98 Å². The molecule has 1 amide bonds. The van der Waals surface area contributed by atoms with Gasteiger partial charge in [0.25, 0.3) is 5.91 Å². The normalized spacial score (nSPS) is 12.4. The SMILES string of the molecule is CC(Cn1cncn1)NC(=O)c1cnn(C)c1. The molecule has 7 nitrogen and oxygen atoms in total. The molecule has 0 aliphatic carbocycles. The molecule has 2 rings (SSSR count). The summed E-state index contributed by atoms with van der Waals surface area (Å²) in [6.45, 7) is 2.50. The van der Waals surface area contributed by atoms with Crippen molar-refractivity contribution in [3.05, 3.63) is 30.6 Å². The third-order valence-electron chi connectivity index (χ3n) is 2.27. The van der Waals surface area contributed by atoms with Gasteiger partial charge in [0.05, 0.1) is 18.3 Å². The Balaban J connectivity index is 1.90. The Morgan fingerprint density at radius 1 is 1.53 bits per heavy atom. The fraction of sp³-hybridized carbons (Fsp3) is 0.400. The van der Waals surface area contributed by atoms with Gasteiger partial charge in [-0.15, -0.1) is 0 Å². The molecule has 0 saturated carbocycles. The second-order valence-corrected chi connectivity index (χ2v) is 3.89. The minimum absolute atomic E-state index is 0.0237. The van der Waals surface area contributed by atoms with Crippen LogP contribution in [0.3, 0.4) is 0 Å². The summed E-state index contributed by atoms with van der Waals surface area (Å²) < 4.78 is 3.27. The molecule has 0 spiro atoms. The number of nitrogens with zero attached hydrogens (tertiary/aromatic N) is 5. The Morgan fingerprint density at radius 2 is 2.35 bits per heavy atom. The number of aromatic nitrogens is 5. The molecule has 2 aromatic rings. The van der Waals surface area contributed by atoms with E-state index in [2.05, 4.69) is 20.5 Å². The van der Waals surface area contributed by atoms with E-state index in [4.69, 9.17) is 0 Å². The summed E-state index contributed by atoms with van der Waals surface area (Å²) in [5.41, 5.74) is 0.554. The van der Waals surface area contributed by atoms with E-state index >= 15 is 0 Å². The van der Waals surface area contributed by atoms with Gasteiger partial charge >= 0.3 is 0 Å². The number of hydrogen-bond donors (Lipinski definition) is 1. The molecule has 2 heterocycles. The number of carbonyl (C=O) groups is 1. The first-order valence-electron chi connectivity index (χ1n) is 5.27. The second-order valence-electron chi connectivity index (χ2n) is 3.89. The van der Waals surface area contributed by atoms with Gasteiger partial charge in [0, 0.05) is 19.3 Å². The van der Waals surface area contributed by atoms with Gasteiger partial charge in [0.1, 0.15) is 12.7 Å². The van der Waals surface area contributed by atoms with Crippen LogP contribution in [-0.4, -0.2) is 36.5 Å². The Hall–Kier alpha value is -2.18. The van der Waals surface area contributed by atoms with E-state index in [1.54, 1.807) is 28.9 Å². The van der Waals surface area contributed by atoms with E-state index in [-0.39, 0.29) is 11.9 Å². The number of carbonyl (C=O) groups excluding carboxylic acids is 1. The lowest BCUT2D eigenvalue weighted by molar-refractivity contribution is 0.0936. The minimum atomic E-state index is -0.134. The highest BCUT2D eigenvalue weighted by Gasteiger charge is 2.11. The average molecular weight is 234 g/mol. The van der Waals surface area contributed by atoms with Crippen molar-refractivity contribution in [2.45, 2.75) is 19.5 Å². The van der Waals surface area contributed by atoms with E-state index < -0.39 is 0 Å². The third-order valence-corrected chi connectivity index (χ3v) is 2.27. The highest BCUT2D eigenvalue weighted by atomic mass is 16.1. The number of amides is 1. The van der Waals surface area contributed by atoms with Crippen molar-refractivity contribution in [1.29, 1.82) is 0 Å². The Kier molecular flexibility index (Phi) is 3.17. The van der Waals surface area contributed by atoms with Gasteiger partial charge in [0.2, 0.25) is 0 Å². The van der Waals surface area contributed by atoms with Crippen LogP contribution in [0.1, 0.15) is 17.3 Å². The number of nitrogens with one attached hydrogen (secondary N) is 1. The highest BCUT2D eigenvalue weighted by molar-refractivity contribution is 5.93. The van der Waals surface area contributed by atoms with Gasteiger partial charge in [-0.2, -0.15) is 10.2 Å². The molecule has 17 heavy (non-hydrogen) atoms. The standard InChI is InChI=1S/C10H14N6O/c1-8(4-16-7-11-6-13-16)14-10(17)9-3-12-15(2)5-9/h3,5-8H,4H2,1-2H3,(H,14,17). The third kappa shape index (κ3) is 2.90. The van der Waals surface area contributed by atoms with Crippen molar-refractivity contribution in [3.8, 4) is 0 Å². The summed E-state index contributed by atoms with van der Waals surface area (Å²) in [7, 11) is 1.77. The second kappa shape index (κ2) is 4.77. The van der Waals surface area contributed by atoms with Crippen LogP contribution in [0, 0.1) is 0 Å². The van der Waals surface area contributed by atoms with Crippen molar-refractivity contribution < 1.29 is 4.79 Å². The van der Waals surface area contributed by atoms with E-state index in [1.165, 1.54) is 12.5 Å². The van der Waals surface area contributed by atoms with Crippen molar-refractivity contribution in [1.82, 2.24) is 29.9 Å². The molecule has 0 aromatic carbocycles. The molecule has 0 fully saturated rings. The number of rotatable bonds is 4. The molecule has 1 atom stereocenters. The van der Waals surface area contributed by atoms with E-state index in [1.807, 2.05) is 6.92 Å². The van der Waals surface area contributed by atoms with E-state index in [9.17, 15) is 4.79 Å². The average Bonchev–Trinajstić information content (AvgIpc) is 2.89. The zero-order valence-corrected chi connectivity index (χ0v) is 9.74. The first kappa shape index (κ1) is 11.3. The highest BCUT2D eigenvalue weighted by Crippen LogP contribution is 1.97. The maximum absolute atomic E-state index is 11.8. The summed E-state index contributed by atoms with van der Waals surface area (Å²) in [6, 6.07) is -0.0237. The van der Waals surface area contributed by atoms with Gasteiger partial charge in [-0.05, 0) is 6.92 Å². The summed E-state index contributed by atoms with van der Waals surface area (Å²) in [5.74, 6) is -0.134. The van der Waals surface area contributed by atoms with Crippen LogP contribution in [0.25, 0.3) is 0 Å². The maximum Gasteiger partial charge on any atom is 0.254 e. The number of aryl methyl sites for hydroxylation is 1. The van der Waals surface area contributed by atoms with Gasteiger partial charge < -0.3 is 5.32 Å². The van der Waals surface area contributed by atoms with Gasteiger partial charge in [0.15, 0.2) is 0 Å². The van der Waals surface area contributed by atoms with Crippen molar-refractivity contribution in [2.24, 2.45) is 7.05 Å². The van der Waals surface area contributed by atoms with Crippen LogP contribution in [-0.2, 0) is 13.6 Å². The van der Waals surface area contributed by atoms with Gasteiger partial charge in [-0.1, -0.05) is 0 Å². The summed E-state index contributed by atoms with van der Waals surface area (Å²) in [4.78, 5) is 15.6. The number of hydrogen-bond acceptors (Lipinski definition) is 4. The first-order valence-corrected chi connectivity index (χ1v) is 5.27. The molecular weight excluding hydrogens is 220 g/mol. The minimum Gasteiger partial charge on any atom is -0.348 e. The molecule has 90 valence electrons. The lowest BCUT2D eigenvalue weighted by Crippen LogP contribution is -2.35. The largest absolute Gasteiger partial charge is 0.348 e. The van der Waals surface area contributed by atoms with Crippen LogP contribution in [0.2, 0.25) is 0 Å². The molecule has 7 heteroatoms. The molecule has 1 N–H and O–H groups in total. The quantitative estimate of drug-likeness (QED) is 0.796. The zero-order valence-electron chi connectivity index (χ0n) is 9.74. The Morgan fingerprint density at radius 3 is 2.94 bits per heavy atom. The lowest BCUT2D eigenvalue weighted by atomic mass is 10.3. The lowest BCUT2D eigenvalue weighted by Gasteiger charge is -2.12. The molecule has 0 saturated heterocycles. The monoisotopic (exact) mass is 234 g/mol. The molecular formula is C10H14N6O. The van der Waals surface area contributed by atoms with Gasteiger partial charge in [-0.3, -0.25) is 14.2 Å². The predicted octanol–water partition coefficient (Wildman–Crippen LogP) is -0.170. The fourth-order valence-electron chi connectivity index (χ4n) is 1.50. The maximum atomic E-state index is 11.8. The van der Waals surface area contributed by atoms with E-state index in [0.717, 1.165) is 0 Å².